The Bertz CT molecular complexity index is 1180. The van der Waals surface area contributed by atoms with Crippen molar-refractivity contribution in [3.8, 4) is 0 Å². The Morgan fingerprint density at radius 2 is 1.30 bits per heavy atom. The monoisotopic (exact) mass is 826 g/mol. The van der Waals surface area contributed by atoms with E-state index in [1.54, 1.807) is 0 Å². The van der Waals surface area contributed by atoms with Crippen LogP contribution in [-0.2, 0) is 24.6 Å². The molecule has 1 saturated heterocycles. The van der Waals surface area contributed by atoms with Gasteiger partial charge in [-0.2, -0.15) is 0 Å². The van der Waals surface area contributed by atoms with Gasteiger partial charge in [0.25, 0.3) is 0 Å². The maximum Gasteiger partial charge on any atom is 0.192 e. The molecule has 0 aromatic heterocycles. The lowest BCUT2D eigenvalue weighted by Crippen LogP contribution is -2.48. The molecule has 2 rings (SSSR count). The Kier molecular flexibility index (Phi) is 20.2. The molecule has 1 aromatic rings. The van der Waals surface area contributed by atoms with Crippen LogP contribution in [0.3, 0.4) is 0 Å². The first-order valence-electron chi connectivity index (χ1n) is 20.8. The minimum Gasteiger partial charge on any atom is -0.414 e. The van der Waals surface area contributed by atoms with E-state index in [2.05, 4.69) is 156 Å². The molecule has 1 aliphatic heterocycles. The van der Waals surface area contributed by atoms with Gasteiger partial charge in [0.1, 0.15) is 0 Å². The molecule has 1 fully saturated rings. The topological polar surface area (TPSA) is 57.2 Å². The Hall–Kier alpha value is 0.111. The van der Waals surface area contributed by atoms with Gasteiger partial charge in [0.15, 0.2) is 25.0 Å². The summed E-state index contributed by atoms with van der Waals surface area (Å²) in [6.45, 7) is 37.9. The number of thioether (sulfide) groups is 2. The summed E-state index contributed by atoms with van der Waals surface area (Å²) in [5.74, 6) is 2.23. The lowest BCUT2D eigenvalue weighted by molar-refractivity contribution is 0.00694. The summed E-state index contributed by atoms with van der Waals surface area (Å²) in [7, 11) is -6.11. The van der Waals surface area contributed by atoms with E-state index in [0.29, 0.717) is 19.6 Å². The summed E-state index contributed by atoms with van der Waals surface area (Å²) >= 11 is 4.13. The van der Waals surface area contributed by atoms with Crippen LogP contribution >= 0.6 is 23.5 Å². The predicted octanol–water partition coefficient (Wildman–Crippen LogP) is 13.2. The first kappa shape index (κ1) is 49.3. The van der Waals surface area contributed by atoms with Crippen LogP contribution in [0.2, 0.25) is 54.4 Å². The Morgan fingerprint density at radius 1 is 0.774 bits per heavy atom. The highest BCUT2D eigenvalue weighted by atomic mass is 32.2. The lowest BCUT2D eigenvalue weighted by Gasteiger charge is -2.45. The maximum absolute atomic E-state index is 12.1. The number of aliphatic hydroxyl groups excluding tert-OH is 1. The smallest absolute Gasteiger partial charge is 0.192 e. The van der Waals surface area contributed by atoms with Crippen molar-refractivity contribution in [2.75, 3.05) is 18.1 Å². The fourth-order valence-electron chi connectivity index (χ4n) is 6.71. The van der Waals surface area contributed by atoms with Crippen LogP contribution in [0.4, 0.5) is 0 Å². The highest BCUT2D eigenvalue weighted by molar-refractivity contribution is 8.18. The highest BCUT2D eigenvalue weighted by Gasteiger charge is 2.45. The molecule has 0 amide bonds. The van der Waals surface area contributed by atoms with E-state index >= 15 is 0 Å². The van der Waals surface area contributed by atoms with Crippen LogP contribution in [0.15, 0.2) is 42.5 Å². The van der Waals surface area contributed by atoms with Gasteiger partial charge in [-0.05, 0) is 116 Å². The zero-order valence-corrected chi connectivity index (χ0v) is 41.3. The van der Waals surface area contributed by atoms with Gasteiger partial charge in [-0.3, -0.25) is 0 Å². The molecule has 53 heavy (non-hydrogen) atoms. The third kappa shape index (κ3) is 16.1. The summed E-state index contributed by atoms with van der Waals surface area (Å²) in [5.41, 5.74) is 2.38. The van der Waals surface area contributed by atoms with Crippen LogP contribution in [-0.4, -0.2) is 76.7 Å². The summed E-state index contributed by atoms with van der Waals surface area (Å²) in [6.07, 6.45) is 5.51. The molecule has 308 valence electrons. The van der Waals surface area contributed by atoms with Crippen LogP contribution in [0.1, 0.15) is 120 Å². The Morgan fingerprint density at radius 3 is 1.79 bits per heavy atom. The van der Waals surface area contributed by atoms with Gasteiger partial charge >= 0.3 is 0 Å². The number of ether oxygens (including phenoxy) is 1. The Labute approximate surface area is 339 Å². The Balaban J connectivity index is 2.46. The first-order valence-corrected chi connectivity index (χ1v) is 31.1. The lowest BCUT2D eigenvalue weighted by atomic mass is 9.97. The number of aliphatic hydroxyl groups is 1. The molecule has 1 aliphatic rings. The second-order valence-electron chi connectivity index (χ2n) is 18.8. The van der Waals surface area contributed by atoms with Crippen molar-refractivity contribution < 1.29 is 23.1 Å². The molecule has 5 nitrogen and oxygen atoms in total. The summed E-state index contributed by atoms with van der Waals surface area (Å²) in [4.78, 5) is 0. The molecular weight excluding hydrogens is 745 g/mol. The summed E-state index contributed by atoms with van der Waals surface area (Å²) in [5, 5.41) is 12.3. The third-order valence-corrected chi connectivity index (χ3v) is 29.7. The van der Waals surface area contributed by atoms with Gasteiger partial charge < -0.3 is 23.1 Å². The molecule has 1 heterocycles. The molecule has 0 bridgehead atoms. The molecule has 0 spiro atoms. The SMILES string of the molecule is C=C(CC)C[C@H](C[C@H](O)CC1(C[C@H](C[C@H](COCc2ccccc2)O[Si](C)(C)C(C)(C)C)O[Si](CC)(CC)CC)SCCCS1)O[Si](C)(C)C(C)(C)C. The molecular formula is C43H82O5S2Si3. The fraction of sp³-hybridized carbons (Fsp3) is 0.814. The van der Waals surface area contributed by atoms with Gasteiger partial charge in [-0.15, -0.1) is 23.5 Å². The summed E-state index contributed by atoms with van der Waals surface area (Å²) < 4.78 is 28.1. The van der Waals surface area contributed by atoms with Gasteiger partial charge in [0, 0.05) is 6.10 Å². The van der Waals surface area contributed by atoms with Crippen molar-refractivity contribution in [3.63, 3.8) is 0 Å². The van der Waals surface area contributed by atoms with Crippen LogP contribution in [0.5, 0.6) is 0 Å². The van der Waals surface area contributed by atoms with E-state index in [1.165, 1.54) is 17.6 Å². The molecule has 0 saturated carbocycles. The van der Waals surface area contributed by atoms with Gasteiger partial charge in [0.05, 0.1) is 35.6 Å². The summed E-state index contributed by atoms with van der Waals surface area (Å²) in [6, 6.07) is 13.8. The van der Waals surface area contributed by atoms with Gasteiger partial charge in [-0.1, -0.05) is 112 Å². The zero-order valence-electron chi connectivity index (χ0n) is 36.7. The van der Waals surface area contributed by atoms with Crippen molar-refractivity contribution in [1.29, 1.82) is 0 Å². The normalized spacial score (nSPS) is 18.4. The van der Waals surface area contributed by atoms with Crippen LogP contribution in [0, 0.1) is 0 Å². The van der Waals surface area contributed by atoms with Gasteiger partial charge in [-0.25, -0.2) is 0 Å². The van der Waals surface area contributed by atoms with E-state index in [4.69, 9.17) is 18.0 Å². The van der Waals surface area contributed by atoms with Gasteiger partial charge in [0.2, 0.25) is 0 Å². The fourth-order valence-corrected chi connectivity index (χ4v) is 15.9. The van der Waals surface area contributed by atoms with Crippen LogP contribution in [0.25, 0.3) is 0 Å². The second-order valence-corrected chi connectivity index (χ2v) is 36.2. The van der Waals surface area contributed by atoms with E-state index in [9.17, 15) is 5.11 Å². The molecule has 4 atom stereocenters. The van der Waals surface area contributed by atoms with E-state index < -0.39 is 31.1 Å². The van der Waals surface area contributed by atoms with Crippen molar-refractivity contribution in [2.45, 2.75) is 204 Å². The van der Waals surface area contributed by atoms with Crippen molar-refractivity contribution in [3.05, 3.63) is 48.0 Å². The standard InChI is InChI=1S/C43H82O5S2Si3/c1-16-35(5)28-38(46-51(12,13)41(6,7)8)29-37(44)31-43(49-26-23-27-50-43)32-39(48-53(17-2,18-3)19-4)30-40(47-52(14,15)42(9,10)11)34-45-33-36-24-21-20-22-25-36/h20-22,24-25,37-40,44H,5,16-19,23,26-34H2,1-4,6-15H3/t37-,38+,39-,40+/m0/s1. The first-order chi connectivity index (χ1) is 24.6. The number of benzene rings is 1. The average Bonchev–Trinajstić information content (AvgIpc) is 3.06. The largest absolute Gasteiger partial charge is 0.414 e. The van der Waals surface area contributed by atoms with E-state index in [0.717, 1.165) is 61.7 Å². The number of hydrogen-bond acceptors (Lipinski definition) is 7. The molecule has 10 heteroatoms. The van der Waals surface area contributed by atoms with E-state index in [-0.39, 0.29) is 32.5 Å². The molecule has 0 radical (unpaired) electrons. The van der Waals surface area contributed by atoms with E-state index in [1.807, 2.05) is 0 Å². The quantitative estimate of drug-likeness (QED) is 0.0823. The maximum atomic E-state index is 12.1. The molecule has 1 aromatic carbocycles. The molecule has 0 unspecified atom stereocenters. The van der Waals surface area contributed by atoms with Crippen molar-refractivity contribution in [2.24, 2.45) is 0 Å². The van der Waals surface area contributed by atoms with Crippen molar-refractivity contribution >= 4 is 48.5 Å². The number of rotatable bonds is 24. The zero-order chi connectivity index (χ0) is 40.1. The average molecular weight is 828 g/mol. The molecule has 1 N–H and O–H groups in total. The highest BCUT2D eigenvalue weighted by Crippen LogP contribution is 2.51. The molecule has 0 aliphatic carbocycles. The number of hydrogen-bond donors (Lipinski definition) is 1. The third-order valence-electron chi connectivity index (χ3n) is 12.5. The van der Waals surface area contributed by atoms with Crippen molar-refractivity contribution in [1.82, 2.24) is 0 Å². The van der Waals surface area contributed by atoms with Crippen LogP contribution < -0.4 is 0 Å². The second kappa shape index (κ2) is 21.8. The minimum absolute atomic E-state index is 0.0227. The predicted molar refractivity (Wildman–Crippen MR) is 243 cm³/mol. The minimum atomic E-state index is -2.11.